The van der Waals surface area contributed by atoms with Gasteiger partial charge >= 0.3 is 0 Å². The van der Waals surface area contributed by atoms with E-state index in [-0.39, 0.29) is 11.3 Å². The lowest BCUT2D eigenvalue weighted by Gasteiger charge is -2.26. The maximum absolute atomic E-state index is 13.5. The second-order valence-corrected chi connectivity index (χ2v) is 10.5. The lowest BCUT2D eigenvalue weighted by Crippen LogP contribution is -2.34. The highest BCUT2D eigenvalue weighted by atomic mass is 79.9. The van der Waals surface area contributed by atoms with Gasteiger partial charge in [-0.15, -0.1) is 0 Å². The maximum Gasteiger partial charge on any atom is 0.210 e. The molecular formula is C10H11Br2FO3S. The van der Waals surface area contributed by atoms with Crippen LogP contribution in [0.4, 0.5) is 4.39 Å². The van der Waals surface area contributed by atoms with Gasteiger partial charge in [-0.25, -0.2) is 12.8 Å². The Morgan fingerprint density at radius 2 is 1.94 bits per heavy atom. The molecule has 1 aromatic rings. The summed E-state index contributed by atoms with van der Waals surface area (Å²) in [6.07, 6.45) is -1.55. The van der Waals surface area contributed by atoms with Crippen LogP contribution in [0.2, 0.25) is 0 Å². The highest BCUT2D eigenvalue weighted by Gasteiger charge is 2.45. The van der Waals surface area contributed by atoms with E-state index in [0.29, 0.717) is 0 Å². The van der Waals surface area contributed by atoms with Gasteiger partial charge in [0.2, 0.25) is 2.57 Å². The van der Waals surface area contributed by atoms with E-state index in [0.717, 1.165) is 6.07 Å². The number of benzene rings is 1. The Balaban J connectivity index is 3.23. The van der Waals surface area contributed by atoms with E-state index in [1.807, 2.05) is 0 Å². The molecular weight excluding hydrogens is 379 g/mol. The summed E-state index contributed by atoms with van der Waals surface area (Å²) in [5.41, 5.74) is -0.0849. The predicted octanol–water partition coefficient (Wildman–Crippen LogP) is 2.74. The van der Waals surface area contributed by atoms with Gasteiger partial charge in [0.15, 0.2) is 9.84 Å². The van der Waals surface area contributed by atoms with Crippen LogP contribution in [0.15, 0.2) is 24.3 Å². The zero-order valence-corrected chi connectivity index (χ0v) is 12.9. The van der Waals surface area contributed by atoms with Crippen molar-refractivity contribution < 1.29 is 17.9 Å². The number of rotatable bonds is 4. The largest absolute Gasteiger partial charge is 0.385 e. The third-order valence-corrected chi connectivity index (χ3v) is 7.95. The first-order valence-electron chi connectivity index (χ1n) is 4.76. The lowest BCUT2D eigenvalue weighted by atomic mass is 10.1. The Morgan fingerprint density at radius 1 is 1.41 bits per heavy atom. The van der Waals surface area contributed by atoms with E-state index in [1.54, 1.807) is 0 Å². The fourth-order valence-corrected chi connectivity index (χ4v) is 3.96. The van der Waals surface area contributed by atoms with Crippen molar-refractivity contribution in [1.29, 1.82) is 0 Å². The third-order valence-electron chi connectivity index (χ3n) is 2.31. The SMILES string of the molecule is CCS(=O)(=O)C(Br)(Br)[C@@H](O)c1ccccc1F. The van der Waals surface area contributed by atoms with Crippen molar-refractivity contribution in [3.05, 3.63) is 35.6 Å². The third kappa shape index (κ3) is 2.89. The van der Waals surface area contributed by atoms with Crippen LogP contribution in [0.25, 0.3) is 0 Å². The van der Waals surface area contributed by atoms with Crippen molar-refractivity contribution in [2.24, 2.45) is 0 Å². The first-order chi connectivity index (χ1) is 7.74. The summed E-state index contributed by atoms with van der Waals surface area (Å²) in [4.78, 5) is 0. The molecule has 0 fully saturated rings. The van der Waals surface area contributed by atoms with Crippen molar-refractivity contribution in [3.63, 3.8) is 0 Å². The molecule has 0 heterocycles. The van der Waals surface area contributed by atoms with Crippen LogP contribution < -0.4 is 0 Å². The van der Waals surface area contributed by atoms with E-state index >= 15 is 0 Å². The molecule has 0 bridgehead atoms. The fourth-order valence-electron chi connectivity index (χ4n) is 1.24. The molecule has 96 valence electrons. The van der Waals surface area contributed by atoms with Crippen LogP contribution in [0.5, 0.6) is 0 Å². The van der Waals surface area contributed by atoms with Crippen LogP contribution in [0.1, 0.15) is 18.6 Å². The average molecular weight is 390 g/mol. The van der Waals surface area contributed by atoms with E-state index in [2.05, 4.69) is 31.9 Å². The number of alkyl halides is 2. The fraction of sp³-hybridized carbons (Fsp3) is 0.400. The number of aliphatic hydroxyl groups excluding tert-OH is 1. The molecule has 1 rings (SSSR count). The quantitative estimate of drug-likeness (QED) is 0.805. The van der Waals surface area contributed by atoms with Gasteiger partial charge in [0.1, 0.15) is 11.9 Å². The number of halogens is 3. The van der Waals surface area contributed by atoms with Gasteiger partial charge in [0.05, 0.1) is 0 Å². The molecule has 1 aromatic carbocycles. The molecule has 3 nitrogen and oxygen atoms in total. The highest BCUT2D eigenvalue weighted by molar-refractivity contribution is 9.28. The molecule has 0 unspecified atom stereocenters. The summed E-state index contributed by atoms with van der Waals surface area (Å²) in [6.45, 7) is 1.45. The van der Waals surface area contributed by atoms with Crippen molar-refractivity contribution in [2.45, 2.75) is 15.6 Å². The lowest BCUT2D eigenvalue weighted by molar-refractivity contribution is 0.184. The Kier molecular flexibility index (Phi) is 4.73. The Morgan fingerprint density at radius 3 is 2.41 bits per heavy atom. The van der Waals surface area contributed by atoms with Crippen LogP contribution in [-0.2, 0) is 9.84 Å². The molecule has 0 aliphatic heterocycles. The highest BCUT2D eigenvalue weighted by Crippen LogP contribution is 2.45. The van der Waals surface area contributed by atoms with Gasteiger partial charge in [-0.1, -0.05) is 57.0 Å². The normalized spacial score (nSPS) is 14.6. The zero-order valence-electron chi connectivity index (χ0n) is 8.90. The van der Waals surface area contributed by atoms with Crippen LogP contribution in [0.3, 0.4) is 0 Å². The summed E-state index contributed by atoms with van der Waals surface area (Å²) in [5.74, 6) is -0.843. The Labute approximate surface area is 116 Å². The zero-order chi connectivity index (χ0) is 13.3. The summed E-state index contributed by atoms with van der Waals surface area (Å²) < 4.78 is 35.2. The topological polar surface area (TPSA) is 54.4 Å². The summed E-state index contributed by atoms with van der Waals surface area (Å²) >= 11 is 5.82. The van der Waals surface area contributed by atoms with Gasteiger partial charge in [-0.2, -0.15) is 0 Å². The van der Waals surface area contributed by atoms with E-state index in [1.165, 1.54) is 25.1 Å². The van der Waals surface area contributed by atoms with Gasteiger partial charge in [0.25, 0.3) is 0 Å². The standard InChI is InChI=1S/C10H11Br2FO3S/c1-2-17(15,16)10(11,12)9(14)7-5-3-4-6-8(7)13/h3-6,9,14H,2H2,1H3/t9-/m0/s1. The minimum atomic E-state index is -3.65. The summed E-state index contributed by atoms with van der Waals surface area (Å²) in [6, 6.07) is 5.48. The number of hydrogen-bond donors (Lipinski definition) is 1. The molecule has 0 spiro atoms. The maximum atomic E-state index is 13.5. The van der Waals surface area contributed by atoms with E-state index in [9.17, 15) is 17.9 Å². The van der Waals surface area contributed by atoms with Gasteiger partial charge in [-0.05, 0) is 6.07 Å². The summed E-state index contributed by atoms with van der Waals surface area (Å²) in [7, 11) is -3.65. The van der Waals surface area contributed by atoms with Gasteiger partial charge in [-0.3, -0.25) is 0 Å². The van der Waals surface area contributed by atoms with Gasteiger partial charge < -0.3 is 5.11 Å². The van der Waals surface area contributed by atoms with Gasteiger partial charge in [0, 0.05) is 11.3 Å². The van der Waals surface area contributed by atoms with Crippen LogP contribution >= 0.6 is 31.9 Å². The first kappa shape index (κ1) is 15.1. The Bertz CT molecular complexity index is 502. The predicted molar refractivity (Wildman–Crippen MR) is 71.4 cm³/mol. The minimum Gasteiger partial charge on any atom is -0.385 e. The second kappa shape index (κ2) is 5.34. The van der Waals surface area contributed by atoms with E-state index in [4.69, 9.17) is 0 Å². The van der Waals surface area contributed by atoms with Crippen molar-refractivity contribution >= 4 is 41.7 Å². The molecule has 17 heavy (non-hydrogen) atoms. The molecule has 1 atom stereocenters. The molecule has 0 aliphatic rings. The van der Waals surface area contributed by atoms with Crippen LogP contribution in [-0.4, -0.2) is 21.8 Å². The second-order valence-electron chi connectivity index (χ2n) is 3.39. The monoisotopic (exact) mass is 388 g/mol. The van der Waals surface area contributed by atoms with Crippen molar-refractivity contribution in [2.75, 3.05) is 5.75 Å². The Hall–Kier alpha value is 0.0200. The van der Waals surface area contributed by atoms with E-state index < -0.39 is 24.3 Å². The smallest absolute Gasteiger partial charge is 0.210 e. The van der Waals surface area contributed by atoms with Crippen LogP contribution in [0, 0.1) is 5.82 Å². The molecule has 0 saturated carbocycles. The molecule has 7 heteroatoms. The molecule has 0 amide bonds. The van der Waals surface area contributed by atoms with Crippen molar-refractivity contribution in [3.8, 4) is 0 Å². The molecule has 0 aromatic heterocycles. The molecule has 0 aliphatic carbocycles. The number of sulfone groups is 1. The molecule has 1 N–H and O–H groups in total. The van der Waals surface area contributed by atoms with Crippen molar-refractivity contribution in [1.82, 2.24) is 0 Å². The first-order valence-corrected chi connectivity index (χ1v) is 8.00. The average Bonchev–Trinajstić information content (AvgIpc) is 2.28. The molecule has 0 radical (unpaired) electrons. The number of aliphatic hydroxyl groups is 1. The molecule has 0 saturated heterocycles. The number of hydrogen-bond acceptors (Lipinski definition) is 3. The minimum absolute atomic E-state index is 0.0849. The summed E-state index contributed by atoms with van der Waals surface area (Å²) in [5, 5.41) is 9.98.